The van der Waals surface area contributed by atoms with Crippen LogP contribution in [0.25, 0.3) is 0 Å². The number of likely N-dealkylation sites (N-methyl/N-ethyl adjacent to an activating group) is 1. The number of rotatable bonds is 18. The Balaban J connectivity index is 0.000000307. The van der Waals surface area contributed by atoms with Crippen molar-refractivity contribution in [1.29, 1.82) is 0 Å². The Bertz CT molecular complexity index is 977. The fraction of sp³-hybridized carbons (Fsp3) is 0.697. The standard InChI is InChI=1S/C17H29N3O4.C16H24O2/c1-11(2)8-12(15(22)17(3)10-24-17)19-14(21)9-18-16(23)13-6-5-7-20(13)4;1-15-9-11-16(12-10-15)18-14-8-6-4-2-3-5-7-13-17/h11-13H,5-10H2,1-4H3,(H,18,23)(H,19,21);9-13H,2-8,14H2,1H3. The number of epoxide rings is 1. The van der Waals surface area contributed by atoms with Crippen LogP contribution in [-0.4, -0.2) is 79.8 Å². The summed E-state index contributed by atoms with van der Waals surface area (Å²) in [5.41, 5.74) is 0.500. The molecule has 9 nitrogen and oxygen atoms in total. The van der Waals surface area contributed by atoms with E-state index in [2.05, 4.69) is 29.7 Å². The number of ketones is 1. The first-order valence-electron chi connectivity index (χ1n) is 15.6. The van der Waals surface area contributed by atoms with Crippen molar-refractivity contribution in [3.05, 3.63) is 29.8 Å². The second kappa shape index (κ2) is 18.7. The van der Waals surface area contributed by atoms with Crippen LogP contribution >= 0.6 is 0 Å². The van der Waals surface area contributed by atoms with Gasteiger partial charge in [-0.2, -0.15) is 0 Å². The summed E-state index contributed by atoms with van der Waals surface area (Å²) < 4.78 is 10.9. The third-order valence-corrected chi connectivity index (χ3v) is 7.71. The molecule has 2 aliphatic rings. The van der Waals surface area contributed by atoms with Crippen molar-refractivity contribution in [3.63, 3.8) is 0 Å². The Morgan fingerprint density at radius 3 is 2.31 bits per heavy atom. The number of nitrogens with zero attached hydrogens (tertiary/aromatic N) is 1. The Labute approximate surface area is 252 Å². The maximum Gasteiger partial charge on any atom is 0.239 e. The topological polar surface area (TPSA) is 117 Å². The van der Waals surface area contributed by atoms with Crippen LogP contribution in [0.3, 0.4) is 0 Å². The third-order valence-electron chi connectivity index (χ3n) is 7.71. The second-order valence-corrected chi connectivity index (χ2v) is 12.2. The van der Waals surface area contributed by atoms with Gasteiger partial charge >= 0.3 is 0 Å². The van der Waals surface area contributed by atoms with Crippen molar-refractivity contribution < 1.29 is 28.7 Å². The molecule has 0 spiro atoms. The molecule has 2 N–H and O–H groups in total. The molecule has 42 heavy (non-hydrogen) atoms. The number of ether oxygens (including phenoxy) is 2. The summed E-state index contributed by atoms with van der Waals surface area (Å²) in [6, 6.07) is 7.45. The molecule has 236 valence electrons. The van der Waals surface area contributed by atoms with Gasteiger partial charge in [-0.3, -0.25) is 19.3 Å². The van der Waals surface area contributed by atoms with Crippen LogP contribution in [0.2, 0.25) is 0 Å². The normalized spacial score (nSPS) is 20.3. The van der Waals surface area contributed by atoms with Gasteiger partial charge in [0.2, 0.25) is 11.8 Å². The number of amides is 2. The van der Waals surface area contributed by atoms with Gasteiger partial charge in [0.05, 0.1) is 31.8 Å². The first-order chi connectivity index (χ1) is 20.1. The Hall–Kier alpha value is -2.78. The monoisotopic (exact) mass is 587 g/mol. The smallest absolute Gasteiger partial charge is 0.239 e. The number of aryl methyl sites for hydroxylation is 1. The minimum Gasteiger partial charge on any atom is -0.494 e. The van der Waals surface area contributed by atoms with E-state index in [0.717, 1.165) is 57.3 Å². The molecule has 0 saturated carbocycles. The van der Waals surface area contributed by atoms with E-state index < -0.39 is 11.6 Å². The van der Waals surface area contributed by atoms with Crippen LogP contribution in [0.5, 0.6) is 5.75 Å². The van der Waals surface area contributed by atoms with Gasteiger partial charge in [-0.1, -0.05) is 57.2 Å². The van der Waals surface area contributed by atoms with Crippen LogP contribution in [0.15, 0.2) is 24.3 Å². The molecule has 1 aromatic rings. The highest BCUT2D eigenvalue weighted by Gasteiger charge is 2.50. The highest BCUT2D eigenvalue weighted by molar-refractivity contribution is 5.97. The molecule has 3 atom stereocenters. The SMILES string of the molecule is CC(C)CC(NC(=O)CNC(=O)C1CCCN1C)C(=O)C1(C)CO1.Cc1ccc(OCCCCCCCCC=O)cc1. The summed E-state index contributed by atoms with van der Waals surface area (Å²) >= 11 is 0. The van der Waals surface area contributed by atoms with Gasteiger partial charge in [-0.15, -0.1) is 0 Å². The van der Waals surface area contributed by atoms with Gasteiger partial charge in [0, 0.05) is 6.42 Å². The van der Waals surface area contributed by atoms with Gasteiger partial charge < -0.3 is 24.9 Å². The van der Waals surface area contributed by atoms with E-state index in [0.29, 0.717) is 13.0 Å². The molecule has 9 heteroatoms. The van der Waals surface area contributed by atoms with Crippen molar-refractivity contribution in [3.8, 4) is 5.75 Å². The molecule has 2 heterocycles. The van der Waals surface area contributed by atoms with Gasteiger partial charge in [-0.05, 0) is 77.6 Å². The highest BCUT2D eigenvalue weighted by Crippen LogP contribution is 2.29. The number of hydrogen-bond acceptors (Lipinski definition) is 7. The Morgan fingerprint density at radius 2 is 1.74 bits per heavy atom. The lowest BCUT2D eigenvalue weighted by Gasteiger charge is -2.22. The molecule has 0 aromatic heterocycles. The van der Waals surface area contributed by atoms with Crippen molar-refractivity contribution in [1.82, 2.24) is 15.5 Å². The molecular formula is C33H53N3O6. The molecule has 2 aliphatic heterocycles. The zero-order valence-electron chi connectivity index (χ0n) is 26.4. The summed E-state index contributed by atoms with van der Waals surface area (Å²) in [5, 5.41) is 5.43. The maximum atomic E-state index is 12.5. The Kier molecular flexibility index (Phi) is 15.8. The minimum atomic E-state index is -0.761. The first kappa shape index (κ1) is 35.4. The largest absolute Gasteiger partial charge is 0.494 e. The molecule has 2 fully saturated rings. The van der Waals surface area contributed by atoms with E-state index in [1.165, 1.54) is 31.2 Å². The first-order valence-corrected chi connectivity index (χ1v) is 15.6. The summed E-state index contributed by atoms with van der Waals surface area (Å²) in [6.07, 6.45) is 11.1. The zero-order valence-corrected chi connectivity index (χ0v) is 26.4. The van der Waals surface area contributed by atoms with Gasteiger partial charge in [0.25, 0.3) is 0 Å². The lowest BCUT2D eigenvalue weighted by Crippen LogP contribution is -2.51. The van der Waals surface area contributed by atoms with Gasteiger partial charge in [0.15, 0.2) is 5.78 Å². The molecule has 1 aromatic carbocycles. The van der Waals surface area contributed by atoms with Crippen LogP contribution < -0.4 is 15.4 Å². The van der Waals surface area contributed by atoms with Crippen molar-refractivity contribution in [2.45, 2.75) is 110 Å². The third kappa shape index (κ3) is 13.5. The van der Waals surface area contributed by atoms with Gasteiger partial charge in [0.1, 0.15) is 17.6 Å². The van der Waals surface area contributed by atoms with Crippen molar-refractivity contribution >= 4 is 23.9 Å². The molecule has 3 rings (SSSR count). The summed E-state index contributed by atoms with van der Waals surface area (Å²) in [6.45, 7) is 9.82. The number of likely N-dealkylation sites (tertiary alicyclic amines) is 1. The van der Waals surface area contributed by atoms with E-state index >= 15 is 0 Å². The van der Waals surface area contributed by atoms with Crippen molar-refractivity contribution in [2.75, 3.05) is 33.4 Å². The average molecular weight is 588 g/mol. The summed E-state index contributed by atoms with van der Waals surface area (Å²) in [7, 11) is 1.91. The molecule has 0 bridgehead atoms. The van der Waals surface area contributed by atoms with Crippen LogP contribution in [0.4, 0.5) is 0 Å². The lowest BCUT2D eigenvalue weighted by atomic mass is 9.93. The second-order valence-electron chi connectivity index (χ2n) is 12.2. The fourth-order valence-corrected chi connectivity index (χ4v) is 4.96. The Morgan fingerprint density at radius 1 is 1.10 bits per heavy atom. The average Bonchev–Trinajstić information content (AvgIpc) is 3.56. The number of hydrogen-bond donors (Lipinski definition) is 2. The number of aldehydes is 1. The molecular weight excluding hydrogens is 534 g/mol. The molecule has 3 unspecified atom stereocenters. The zero-order chi connectivity index (χ0) is 31.0. The number of benzene rings is 1. The lowest BCUT2D eigenvalue weighted by molar-refractivity contribution is -0.131. The van der Waals surface area contributed by atoms with Gasteiger partial charge in [-0.25, -0.2) is 0 Å². The molecule has 0 aliphatic carbocycles. The minimum absolute atomic E-state index is 0.0913. The predicted molar refractivity (Wildman–Crippen MR) is 164 cm³/mol. The van der Waals surface area contributed by atoms with E-state index in [1.807, 2.05) is 37.9 Å². The number of carbonyl (C=O) groups is 4. The quantitative estimate of drug-likeness (QED) is 0.149. The molecule has 2 saturated heterocycles. The van der Waals surface area contributed by atoms with E-state index in [1.54, 1.807) is 6.92 Å². The van der Waals surface area contributed by atoms with Crippen molar-refractivity contribution in [2.24, 2.45) is 5.92 Å². The van der Waals surface area contributed by atoms with Crippen LogP contribution in [-0.2, 0) is 23.9 Å². The number of carbonyl (C=O) groups excluding carboxylic acids is 4. The number of Topliss-reactive ketones (excluding diaryl/α,β-unsaturated/α-hetero) is 1. The number of unbranched alkanes of at least 4 members (excludes halogenated alkanes) is 6. The van der Waals surface area contributed by atoms with Crippen LogP contribution in [0, 0.1) is 12.8 Å². The molecule has 0 radical (unpaired) electrons. The predicted octanol–water partition coefficient (Wildman–Crippen LogP) is 4.39. The molecule has 2 amide bonds. The fourth-order valence-electron chi connectivity index (χ4n) is 4.96. The van der Waals surface area contributed by atoms with E-state index in [-0.39, 0.29) is 36.1 Å². The number of nitrogens with one attached hydrogen (secondary N) is 2. The van der Waals surface area contributed by atoms with Crippen LogP contribution in [0.1, 0.15) is 90.5 Å². The van der Waals surface area contributed by atoms with E-state index in [4.69, 9.17) is 9.47 Å². The maximum absolute atomic E-state index is 12.5. The van der Waals surface area contributed by atoms with E-state index in [9.17, 15) is 19.2 Å². The summed E-state index contributed by atoms with van der Waals surface area (Å²) in [4.78, 5) is 48.8. The summed E-state index contributed by atoms with van der Waals surface area (Å²) in [5.74, 6) is 0.669. The highest BCUT2D eigenvalue weighted by atomic mass is 16.6.